The maximum Gasteiger partial charge on any atom is 0.338 e. The van der Waals surface area contributed by atoms with Crippen LogP contribution in [-0.2, 0) is 85.3 Å². The van der Waals surface area contributed by atoms with Gasteiger partial charge < -0.3 is 80.5 Å². The lowest BCUT2D eigenvalue weighted by Gasteiger charge is -2.49. The Balaban J connectivity index is 0.954. The minimum Gasteiger partial charge on any atom is -0.463 e. The van der Waals surface area contributed by atoms with Crippen LogP contribution in [0.25, 0.3) is 0 Å². The molecule has 4 aliphatic heterocycles. The highest BCUT2D eigenvalue weighted by Crippen LogP contribution is 2.44. The third-order valence-electron chi connectivity index (χ3n) is 19.5. The van der Waals surface area contributed by atoms with Gasteiger partial charge in [0.1, 0.15) is 50.3 Å². The zero-order valence-electron chi connectivity index (χ0n) is 63.7. The Bertz CT molecular complexity index is 5180. The molecule has 4 saturated heterocycles. The minimum atomic E-state index is -2.39. The third kappa shape index (κ3) is 20.4. The molecule has 10 aromatic carbocycles. The molecule has 0 unspecified atom stereocenters. The first-order valence-electron chi connectivity index (χ1n) is 38.1. The maximum atomic E-state index is 15.5. The molecule has 14 rings (SSSR count). The summed E-state index contributed by atoms with van der Waals surface area (Å²) in [5.74, 6) is -11.6. The Kier molecular flexibility index (Phi) is 27.1. The minimum absolute atomic E-state index is 0.0226. The van der Waals surface area contributed by atoms with Gasteiger partial charge in [0, 0.05) is 6.92 Å². The molecule has 0 radical (unpaired) electrons. The van der Waals surface area contributed by atoms with E-state index >= 15 is 24.0 Å². The lowest BCUT2D eigenvalue weighted by atomic mass is 9.93. The van der Waals surface area contributed by atoms with Crippen LogP contribution in [0.4, 0.5) is 0 Å². The summed E-state index contributed by atoms with van der Waals surface area (Å²) in [6, 6.07) is 75.2. The van der Waals surface area contributed by atoms with Crippen molar-refractivity contribution in [2.24, 2.45) is 0 Å². The Morgan fingerprint density at radius 2 is 0.533 bits per heavy atom. The Hall–Kier alpha value is -13.9. The number of carbonyl (C=O) groups is 11. The van der Waals surface area contributed by atoms with E-state index in [0.29, 0.717) is 0 Å². The second-order valence-corrected chi connectivity index (χ2v) is 27.6. The summed E-state index contributed by atoms with van der Waals surface area (Å²) in [6.45, 7) is -1.41. The number of benzene rings is 10. The molecule has 0 N–H and O–H groups in total. The zero-order chi connectivity index (χ0) is 83.4. The molecule has 28 nitrogen and oxygen atoms in total. The van der Waals surface area contributed by atoms with Crippen molar-refractivity contribution in [1.29, 1.82) is 0 Å². The van der Waals surface area contributed by atoms with E-state index in [1.54, 1.807) is 97.1 Å². The molecule has 17 atom stereocenters. The molecule has 0 saturated carbocycles. The van der Waals surface area contributed by atoms with Gasteiger partial charge in [-0.3, -0.25) is 4.79 Å². The molecule has 4 aliphatic rings. The third-order valence-corrected chi connectivity index (χ3v) is 19.5. The van der Waals surface area contributed by atoms with Crippen LogP contribution in [0.15, 0.2) is 303 Å². The van der Waals surface area contributed by atoms with Gasteiger partial charge in [-0.25, -0.2) is 47.9 Å². The van der Waals surface area contributed by atoms with Gasteiger partial charge in [-0.05, 0) is 121 Å². The molecule has 0 aromatic heterocycles. The van der Waals surface area contributed by atoms with Gasteiger partial charge in [0.05, 0.1) is 55.6 Å². The number of fused-ring (bicyclic) bond motifs is 2. The topological polar surface area (TPSA) is 345 Å². The van der Waals surface area contributed by atoms with Crippen LogP contribution in [0.3, 0.4) is 0 Å². The maximum absolute atomic E-state index is 15.5. The van der Waals surface area contributed by atoms with Gasteiger partial charge in [-0.2, -0.15) is 0 Å². The number of esters is 11. The predicted octanol–water partition coefficient (Wildman–Crippen LogP) is 11.4. The summed E-state index contributed by atoms with van der Waals surface area (Å²) in [5.41, 5.74) is -0.640. The van der Waals surface area contributed by atoms with E-state index in [2.05, 4.69) is 0 Å². The van der Waals surface area contributed by atoms with E-state index in [0.717, 1.165) is 6.92 Å². The fourth-order valence-electron chi connectivity index (χ4n) is 13.7. The molecule has 10 aromatic rings. The summed E-state index contributed by atoms with van der Waals surface area (Å²) in [6.07, 6.45) is -34.8. The lowest BCUT2D eigenvalue weighted by molar-refractivity contribution is -0.364. The van der Waals surface area contributed by atoms with Crippen molar-refractivity contribution >= 4 is 65.7 Å². The summed E-state index contributed by atoms with van der Waals surface area (Å²) >= 11 is 0. The lowest BCUT2D eigenvalue weighted by Crippen LogP contribution is -2.68. The largest absolute Gasteiger partial charge is 0.463 e. The quantitative estimate of drug-likeness (QED) is 0.0310. The van der Waals surface area contributed by atoms with Gasteiger partial charge >= 0.3 is 65.7 Å². The number of carbonyl (C=O) groups excluding carboxylic acids is 11. The van der Waals surface area contributed by atoms with E-state index in [1.165, 1.54) is 206 Å². The fourth-order valence-corrected chi connectivity index (χ4v) is 13.7. The number of hydrogen-bond donors (Lipinski definition) is 0. The molecule has 120 heavy (non-hydrogen) atoms. The highest BCUT2D eigenvalue weighted by Gasteiger charge is 2.65. The Morgan fingerprint density at radius 1 is 0.258 bits per heavy atom. The zero-order valence-corrected chi connectivity index (χ0v) is 63.7. The van der Waals surface area contributed by atoms with Crippen molar-refractivity contribution in [3.05, 3.63) is 359 Å². The predicted molar refractivity (Wildman–Crippen MR) is 416 cm³/mol. The van der Waals surface area contributed by atoms with Crippen molar-refractivity contribution in [3.63, 3.8) is 0 Å². The second-order valence-electron chi connectivity index (χ2n) is 27.6. The SMILES string of the molecule is CC(=O)OC[C@@H]1O[C@H]2O[C@H]1[C@@H](O[C@@H]1O[C@H](COC(=O)c3ccccc3)[C@@H](OC(=O)c3ccccc3)[C@H](OC(=O)c3ccccc3)[C@H]1OC(=O)c1ccccc1)[C@H](OC(=O)c1ccccc1)[C@@H]2O[C@H]1O[C@H]([C@H](COC(=O)c2ccccc2)OC(=O)c2ccccc2)[C@@H](OC(=O)c2ccccc2)[C@H](OC(=O)c2ccccc2)[C@@H]1OC(=O)c1ccccc1. The molecule has 0 spiro atoms. The number of hydrogen-bond acceptors (Lipinski definition) is 28. The molecule has 4 heterocycles. The summed E-state index contributed by atoms with van der Waals surface area (Å²) in [5, 5.41) is 0. The van der Waals surface area contributed by atoms with Gasteiger partial charge in [-0.15, -0.1) is 0 Å². The van der Waals surface area contributed by atoms with Crippen molar-refractivity contribution in [1.82, 2.24) is 0 Å². The van der Waals surface area contributed by atoms with Crippen molar-refractivity contribution < 1.29 is 133 Å². The van der Waals surface area contributed by atoms with Crippen molar-refractivity contribution in [2.45, 2.75) is 111 Å². The Labute approximate surface area is 685 Å². The number of ether oxygens (including phenoxy) is 17. The summed E-state index contributed by atoms with van der Waals surface area (Å²) in [7, 11) is 0. The van der Waals surface area contributed by atoms with Crippen LogP contribution in [-0.4, -0.2) is 190 Å². The van der Waals surface area contributed by atoms with Crippen molar-refractivity contribution in [3.8, 4) is 0 Å². The van der Waals surface area contributed by atoms with E-state index in [-0.39, 0.29) is 55.6 Å². The first-order valence-corrected chi connectivity index (χ1v) is 38.1. The molecular weight excluding hydrogens is 1550 g/mol. The second kappa shape index (κ2) is 39.4. The van der Waals surface area contributed by atoms with Crippen LogP contribution < -0.4 is 0 Å². The fraction of sp³-hybridized carbons (Fsp3) is 0.228. The normalized spacial score (nSPS) is 23.6. The highest BCUT2D eigenvalue weighted by molar-refractivity contribution is 5.95. The number of rotatable bonds is 29. The standard InChI is InChI=1S/C92H76O28/c1-55(93)104-52-67-71-73(119-90-77(115-88(102)64-48-28-10-29-49-64)74(112-85(99)61-42-22-7-23-43-61)69(110-83(97)59-38-18-5-19-39-59)68(109-90)54-106-81(95)57-34-14-3-15-35-57)76(114-87(101)63-46-26-9-27-47-63)79(91(108-67)117-71)120-92-78(116-89(103)65-50-30-11-31-51-65)75(113-86(100)62-44-24-8-25-45-62)72(111-84(98)60-40-20-6-21-41-60)70(118-92)66(107-82(96)58-36-16-4-17-37-58)53-105-80(94)56-32-12-2-13-33-56/h2-51,66-79,90-92H,52-54H2,1H3/t66-,67-,68+,69+,70+,71+,72+,73+,74-,75-,76-,77+,78-,79-,90-,91-,92+/m0/s1. The van der Waals surface area contributed by atoms with Crippen LogP contribution in [0.5, 0.6) is 0 Å². The van der Waals surface area contributed by atoms with E-state index in [4.69, 9.17) is 80.5 Å². The van der Waals surface area contributed by atoms with Gasteiger partial charge in [0.15, 0.2) is 73.8 Å². The Morgan fingerprint density at radius 3 is 0.892 bits per heavy atom. The summed E-state index contributed by atoms with van der Waals surface area (Å²) in [4.78, 5) is 162. The molecule has 4 fully saturated rings. The first-order chi connectivity index (χ1) is 58.5. The highest BCUT2D eigenvalue weighted by atomic mass is 16.8. The van der Waals surface area contributed by atoms with Gasteiger partial charge in [-0.1, -0.05) is 182 Å². The van der Waals surface area contributed by atoms with Crippen molar-refractivity contribution in [2.75, 3.05) is 19.8 Å². The molecule has 2 bridgehead atoms. The molecular formula is C92H76O28. The van der Waals surface area contributed by atoms with Crippen LogP contribution in [0.1, 0.15) is 111 Å². The van der Waals surface area contributed by atoms with Crippen LogP contribution >= 0.6 is 0 Å². The molecule has 612 valence electrons. The van der Waals surface area contributed by atoms with Crippen LogP contribution in [0, 0.1) is 0 Å². The van der Waals surface area contributed by atoms with E-state index in [1.807, 2.05) is 0 Å². The van der Waals surface area contributed by atoms with Crippen LogP contribution in [0.2, 0.25) is 0 Å². The van der Waals surface area contributed by atoms with E-state index < -0.39 is 190 Å². The molecule has 0 amide bonds. The average Bonchev–Trinajstić information content (AvgIpc) is 0.993. The average molecular weight is 1630 g/mol. The van der Waals surface area contributed by atoms with Gasteiger partial charge in [0.2, 0.25) is 0 Å². The molecule has 28 heteroatoms. The smallest absolute Gasteiger partial charge is 0.338 e. The van der Waals surface area contributed by atoms with Gasteiger partial charge in [0.25, 0.3) is 0 Å². The summed E-state index contributed by atoms with van der Waals surface area (Å²) < 4.78 is 112. The van der Waals surface area contributed by atoms with E-state index in [9.17, 15) is 28.8 Å². The monoisotopic (exact) mass is 1630 g/mol. The first kappa shape index (κ1) is 82.7. The molecule has 0 aliphatic carbocycles.